The molecule has 2 rings (SSSR count). The molecule has 0 radical (unpaired) electrons. The van der Waals surface area contributed by atoms with Gasteiger partial charge in [0.1, 0.15) is 0 Å². The van der Waals surface area contributed by atoms with Crippen molar-refractivity contribution >= 4 is 6.21 Å². The fourth-order valence-electron chi connectivity index (χ4n) is 1.64. The highest BCUT2D eigenvalue weighted by atomic mass is 16.5. The number of allylic oxidation sites excluding steroid dienone is 1. The number of hydrogen-bond donors (Lipinski definition) is 0. The van der Waals surface area contributed by atoms with Gasteiger partial charge in [-0.2, -0.15) is 4.74 Å². The summed E-state index contributed by atoms with van der Waals surface area (Å²) in [6.07, 6.45) is 5.73. The van der Waals surface area contributed by atoms with Crippen LogP contribution in [0.1, 0.15) is 11.1 Å². The summed E-state index contributed by atoms with van der Waals surface area (Å²) in [5, 5.41) is 11.6. The van der Waals surface area contributed by atoms with Gasteiger partial charge in [0.2, 0.25) is 0 Å². The summed E-state index contributed by atoms with van der Waals surface area (Å²) in [6.45, 7) is 0. The third-order valence-electron chi connectivity index (χ3n) is 2.52. The first-order valence-corrected chi connectivity index (χ1v) is 5.90. The van der Waals surface area contributed by atoms with Gasteiger partial charge in [-0.05, 0) is 30.2 Å². The van der Waals surface area contributed by atoms with E-state index in [1.165, 1.54) is 5.56 Å². The molecule has 2 heteroatoms. The molecule has 0 aromatic heterocycles. The van der Waals surface area contributed by atoms with E-state index in [4.69, 9.17) is 0 Å². The fraction of sp³-hybridized carbons (Fsp3) is 0.0625. The van der Waals surface area contributed by atoms with Gasteiger partial charge < -0.3 is 5.21 Å². The maximum Gasteiger partial charge on any atom is 0.187 e. The first kappa shape index (κ1) is 12.1. The molecular formula is C16H15NO. The lowest BCUT2D eigenvalue weighted by atomic mass is 10.1. The van der Waals surface area contributed by atoms with Crippen LogP contribution in [0.4, 0.5) is 0 Å². The van der Waals surface area contributed by atoms with Crippen LogP contribution in [-0.2, 0) is 6.42 Å². The van der Waals surface area contributed by atoms with E-state index < -0.39 is 0 Å². The third-order valence-corrected chi connectivity index (χ3v) is 2.52. The zero-order valence-corrected chi connectivity index (χ0v) is 10.1. The highest BCUT2D eigenvalue weighted by Crippen LogP contribution is 2.00. The van der Waals surface area contributed by atoms with Gasteiger partial charge in [0, 0.05) is 5.56 Å². The summed E-state index contributed by atoms with van der Waals surface area (Å²) in [5.74, 6) is 0. The van der Waals surface area contributed by atoms with Gasteiger partial charge in [0.25, 0.3) is 0 Å². The molecule has 0 N–H and O–H groups in total. The Balaban J connectivity index is 1.95. The summed E-state index contributed by atoms with van der Waals surface area (Å²) in [7, 11) is 0. The van der Waals surface area contributed by atoms with E-state index in [0.717, 1.165) is 16.7 Å². The summed E-state index contributed by atoms with van der Waals surface area (Å²) < 4.78 is 0.832. The van der Waals surface area contributed by atoms with Crippen molar-refractivity contribution < 1.29 is 4.74 Å². The quantitative estimate of drug-likeness (QED) is 0.346. The fourth-order valence-corrected chi connectivity index (χ4v) is 1.64. The number of rotatable bonds is 4. The van der Waals surface area contributed by atoms with Crippen LogP contribution in [0.15, 0.2) is 72.9 Å². The topological polar surface area (TPSA) is 26.1 Å². The maximum absolute atomic E-state index is 11.6. The lowest BCUT2D eigenvalue weighted by Crippen LogP contribution is -1.96. The maximum atomic E-state index is 11.6. The Morgan fingerprint density at radius 2 is 1.50 bits per heavy atom. The minimum absolute atomic E-state index is 0.766. The Labute approximate surface area is 107 Å². The summed E-state index contributed by atoms with van der Waals surface area (Å²) in [5.41, 5.74) is 2.10. The Kier molecular flexibility index (Phi) is 4.31. The summed E-state index contributed by atoms with van der Waals surface area (Å²) in [6, 6.07) is 19.6. The molecule has 2 aromatic carbocycles. The normalized spacial score (nSPS) is 11.9. The number of hydrogen-bond acceptors (Lipinski definition) is 1. The molecule has 0 unspecified atom stereocenters. The first-order chi connectivity index (χ1) is 8.84. The molecule has 0 bridgehead atoms. The van der Waals surface area contributed by atoms with Crippen LogP contribution in [0.2, 0.25) is 0 Å². The van der Waals surface area contributed by atoms with Gasteiger partial charge in [-0.25, -0.2) is 0 Å². The minimum atomic E-state index is 0.766. The number of hydroxylamine groups is 1. The second kappa shape index (κ2) is 6.40. The molecule has 18 heavy (non-hydrogen) atoms. The van der Waals surface area contributed by atoms with Crippen molar-refractivity contribution in [1.82, 2.24) is 0 Å². The molecule has 0 amide bonds. The van der Waals surface area contributed by atoms with Crippen molar-refractivity contribution in [2.45, 2.75) is 6.42 Å². The third kappa shape index (κ3) is 3.91. The van der Waals surface area contributed by atoms with Crippen LogP contribution < -0.4 is 0 Å². The highest BCUT2D eigenvalue weighted by Gasteiger charge is 1.91. The van der Waals surface area contributed by atoms with E-state index in [2.05, 4.69) is 0 Å². The van der Waals surface area contributed by atoms with E-state index >= 15 is 0 Å². The molecule has 2 nitrogen and oxygen atoms in total. The van der Waals surface area contributed by atoms with E-state index in [0.29, 0.717) is 0 Å². The lowest BCUT2D eigenvalue weighted by Gasteiger charge is -1.97. The van der Waals surface area contributed by atoms with Gasteiger partial charge >= 0.3 is 0 Å². The molecule has 2 aromatic rings. The zero-order valence-electron chi connectivity index (χ0n) is 10.1. The second-order valence-electron chi connectivity index (χ2n) is 3.97. The predicted molar refractivity (Wildman–Crippen MR) is 74.5 cm³/mol. The lowest BCUT2D eigenvalue weighted by molar-refractivity contribution is -0.372. The van der Waals surface area contributed by atoms with Crippen LogP contribution in [0, 0.1) is 5.21 Å². The van der Waals surface area contributed by atoms with E-state index in [1.54, 1.807) is 12.4 Å². The van der Waals surface area contributed by atoms with E-state index in [-0.39, 0.29) is 0 Å². The molecule has 0 atom stereocenters. The van der Waals surface area contributed by atoms with E-state index in [1.807, 2.05) is 66.7 Å². The molecule has 0 fully saturated rings. The van der Waals surface area contributed by atoms with Gasteiger partial charge in [-0.1, -0.05) is 48.5 Å². The highest BCUT2D eigenvalue weighted by molar-refractivity contribution is 5.75. The Bertz CT molecular complexity index is 530. The van der Waals surface area contributed by atoms with Gasteiger partial charge in [0.05, 0.1) is 0 Å². The second-order valence-corrected chi connectivity index (χ2v) is 3.97. The Morgan fingerprint density at radius 1 is 0.889 bits per heavy atom. The van der Waals surface area contributed by atoms with Crippen molar-refractivity contribution in [3.8, 4) is 0 Å². The van der Waals surface area contributed by atoms with Crippen LogP contribution in [-0.4, -0.2) is 11.0 Å². The van der Waals surface area contributed by atoms with Crippen molar-refractivity contribution in [3.63, 3.8) is 0 Å². The average Bonchev–Trinajstić information content (AvgIpc) is 2.41. The first-order valence-electron chi connectivity index (χ1n) is 5.90. The monoisotopic (exact) mass is 237 g/mol. The smallest absolute Gasteiger partial charge is 0.187 e. The molecule has 90 valence electrons. The average molecular weight is 237 g/mol. The summed E-state index contributed by atoms with van der Waals surface area (Å²) >= 11 is 0. The molecule has 0 heterocycles. The van der Waals surface area contributed by atoms with Crippen LogP contribution in [0.25, 0.3) is 0 Å². The van der Waals surface area contributed by atoms with Gasteiger partial charge in [-0.3, -0.25) is 0 Å². The molecule has 0 saturated heterocycles. The molecular weight excluding hydrogens is 222 g/mol. The molecule has 0 aliphatic heterocycles. The molecule has 0 aliphatic carbocycles. The Morgan fingerprint density at radius 3 is 2.17 bits per heavy atom. The number of nitrogens with zero attached hydrogens (tertiary/aromatic N) is 1. The van der Waals surface area contributed by atoms with Crippen LogP contribution in [0.3, 0.4) is 0 Å². The molecule has 0 aliphatic rings. The van der Waals surface area contributed by atoms with Crippen LogP contribution >= 0.6 is 0 Å². The molecule has 0 spiro atoms. The minimum Gasteiger partial charge on any atom is -0.619 e. The van der Waals surface area contributed by atoms with Crippen molar-refractivity contribution in [1.29, 1.82) is 0 Å². The Hall–Kier alpha value is -2.35. The summed E-state index contributed by atoms with van der Waals surface area (Å²) in [4.78, 5) is 0. The zero-order chi connectivity index (χ0) is 12.6. The van der Waals surface area contributed by atoms with Crippen LogP contribution in [0.5, 0.6) is 0 Å². The van der Waals surface area contributed by atoms with Gasteiger partial charge in [-0.15, -0.1) is 0 Å². The van der Waals surface area contributed by atoms with Gasteiger partial charge in [0.15, 0.2) is 12.4 Å². The van der Waals surface area contributed by atoms with Crippen molar-refractivity contribution in [2.75, 3.05) is 0 Å². The standard InChI is InChI=1S/C16H15NO/c18-17(14-16-10-5-2-6-11-16)13-7-12-15-8-3-1-4-9-15/h1-11,13-14H,12H2/b13-7+,17-14-. The SMILES string of the molecule is [O-][N+](=C\c1ccccc1)/C=C/Cc1ccccc1. The van der Waals surface area contributed by atoms with Crippen molar-refractivity contribution in [2.24, 2.45) is 0 Å². The largest absolute Gasteiger partial charge is 0.619 e. The predicted octanol–water partition coefficient (Wildman–Crippen LogP) is 3.37. The number of benzene rings is 2. The van der Waals surface area contributed by atoms with Crippen molar-refractivity contribution in [3.05, 3.63) is 89.3 Å². The van der Waals surface area contributed by atoms with E-state index in [9.17, 15) is 5.21 Å². The molecule has 0 saturated carbocycles.